The van der Waals surface area contributed by atoms with Crippen LogP contribution in [-0.4, -0.2) is 12.6 Å². The highest BCUT2D eigenvalue weighted by Crippen LogP contribution is 2.09. The van der Waals surface area contributed by atoms with E-state index in [9.17, 15) is 0 Å². The highest BCUT2D eigenvalue weighted by molar-refractivity contribution is 5.21. The number of nitrogens with one attached hydrogen (secondary N) is 1. The monoisotopic (exact) mass is 263 g/mol. The van der Waals surface area contributed by atoms with Crippen molar-refractivity contribution >= 4 is 0 Å². The molecule has 1 aromatic carbocycles. The van der Waals surface area contributed by atoms with Crippen LogP contribution in [0.5, 0.6) is 0 Å². The Morgan fingerprint density at radius 1 is 1.05 bits per heavy atom. The number of rotatable bonds is 9. The molecule has 0 saturated carbocycles. The third-order valence-corrected chi connectivity index (χ3v) is 3.13. The number of benzene rings is 1. The number of hydrogen-bond acceptors (Lipinski definition) is 2. The molecule has 0 aliphatic heterocycles. The zero-order valence-electron chi connectivity index (χ0n) is 12.9. The van der Waals surface area contributed by atoms with E-state index in [0.29, 0.717) is 12.0 Å². The van der Waals surface area contributed by atoms with Gasteiger partial charge in [-0.3, -0.25) is 0 Å². The van der Waals surface area contributed by atoms with Gasteiger partial charge < -0.3 is 10.1 Å². The molecule has 19 heavy (non-hydrogen) atoms. The summed E-state index contributed by atoms with van der Waals surface area (Å²) in [7, 11) is 0. The molecular weight excluding hydrogens is 234 g/mol. The van der Waals surface area contributed by atoms with Crippen molar-refractivity contribution in [1.29, 1.82) is 0 Å². The molecule has 2 nitrogen and oxygen atoms in total. The van der Waals surface area contributed by atoms with E-state index >= 15 is 0 Å². The Kier molecular flexibility index (Phi) is 7.76. The molecule has 0 fully saturated rings. The standard InChI is InChI=1S/C17H29NO/c1-5-6-15(4)19-13-17-9-7-16(8-10-17)12-18-11-14(2)3/h7-10,14-15,18H,5-6,11-13H2,1-4H3. The Labute approximate surface area is 118 Å². The van der Waals surface area contributed by atoms with Crippen LogP contribution in [0.4, 0.5) is 0 Å². The number of hydrogen-bond donors (Lipinski definition) is 1. The van der Waals surface area contributed by atoms with Crippen molar-refractivity contribution in [1.82, 2.24) is 5.32 Å². The maximum atomic E-state index is 5.81. The molecule has 108 valence electrons. The Balaban J connectivity index is 2.30. The molecule has 1 rings (SSSR count). The summed E-state index contributed by atoms with van der Waals surface area (Å²) in [6.45, 7) is 11.5. The molecule has 2 heteroatoms. The van der Waals surface area contributed by atoms with Crippen LogP contribution < -0.4 is 5.32 Å². The van der Waals surface area contributed by atoms with Crippen LogP contribution in [-0.2, 0) is 17.9 Å². The topological polar surface area (TPSA) is 21.3 Å². The van der Waals surface area contributed by atoms with E-state index in [1.54, 1.807) is 0 Å². The van der Waals surface area contributed by atoms with Gasteiger partial charge in [0.25, 0.3) is 0 Å². The zero-order valence-corrected chi connectivity index (χ0v) is 12.9. The quantitative estimate of drug-likeness (QED) is 0.723. The van der Waals surface area contributed by atoms with Gasteiger partial charge in [-0.25, -0.2) is 0 Å². The van der Waals surface area contributed by atoms with Crippen molar-refractivity contribution in [2.75, 3.05) is 6.54 Å². The SMILES string of the molecule is CCCC(C)OCc1ccc(CNCC(C)C)cc1. The van der Waals surface area contributed by atoms with Gasteiger partial charge in [-0.1, -0.05) is 51.5 Å². The smallest absolute Gasteiger partial charge is 0.0720 e. The summed E-state index contributed by atoms with van der Waals surface area (Å²) in [6, 6.07) is 8.73. The Morgan fingerprint density at radius 3 is 2.26 bits per heavy atom. The van der Waals surface area contributed by atoms with E-state index in [1.807, 2.05) is 0 Å². The predicted molar refractivity (Wildman–Crippen MR) is 82.1 cm³/mol. The maximum Gasteiger partial charge on any atom is 0.0720 e. The molecule has 0 bridgehead atoms. The van der Waals surface area contributed by atoms with Gasteiger partial charge in [0.05, 0.1) is 12.7 Å². The van der Waals surface area contributed by atoms with Crippen molar-refractivity contribution < 1.29 is 4.74 Å². The molecule has 1 atom stereocenters. The maximum absolute atomic E-state index is 5.81. The molecule has 0 spiro atoms. The summed E-state index contributed by atoms with van der Waals surface area (Å²) < 4.78 is 5.81. The van der Waals surface area contributed by atoms with E-state index in [-0.39, 0.29) is 0 Å². The molecular formula is C17H29NO. The van der Waals surface area contributed by atoms with Crippen LogP contribution in [0, 0.1) is 5.92 Å². The van der Waals surface area contributed by atoms with Gasteiger partial charge in [-0.15, -0.1) is 0 Å². The Morgan fingerprint density at radius 2 is 1.68 bits per heavy atom. The van der Waals surface area contributed by atoms with Crippen molar-refractivity contribution in [3.63, 3.8) is 0 Å². The molecule has 1 N–H and O–H groups in total. The molecule has 0 amide bonds. The van der Waals surface area contributed by atoms with Gasteiger partial charge in [-0.2, -0.15) is 0 Å². The van der Waals surface area contributed by atoms with Gasteiger partial charge in [0, 0.05) is 6.54 Å². The van der Waals surface area contributed by atoms with Crippen LogP contribution in [0.15, 0.2) is 24.3 Å². The molecule has 0 heterocycles. The predicted octanol–water partition coefficient (Wildman–Crippen LogP) is 4.14. The van der Waals surface area contributed by atoms with Gasteiger partial charge in [0.1, 0.15) is 0 Å². The lowest BCUT2D eigenvalue weighted by molar-refractivity contribution is 0.0472. The van der Waals surface area contributed by atoms with Crippen LogP contribution in [0.2, 0.25) is 0 Å². The second-order valence-corrected chi connectivity index (χ2v) is 5.75. The minimum Gasteiger partial charge on any atom is -0.374 e. The minimum absolute atomic E-state index is 0.359. The fourth-order valence-electron chi connectivity index (χ4n) is 1.99. The normalized spacial score (nSPS) is 12.9. The molecule has 1 aromatic rings. The van der Waals surface area contributed by atoms with Crippen molar-refractivity contribution in [2.45, 2.75) is 59.8 Å². The zero-order chi connectivity index (χ0) is 14.1. The van der Waals surface area contributed by atoms with E-state index in [1.165, 1.54) is 17.5 Å². The van der Waals surface area contributed by atoms with E-state index < -0.39 is 0 Å². The van der Waals surface area contributed by atoms with Gasteiger partial charge in [-0.05, 0) is 36.9 Å². The Hall–Kier alpha value is -0.860. The summed E-state index contributed by atoms with van der Waals surface area (Å²) in [5.41, 5.74) is 2.60. The molecule has 0 aliphatic rings. The van der Waals surface area contributed by atoms with Crippen molar-refractivity contribution in [2.24, 2.45) is 5.92 Å². The van der Waals surface area contributed by atoms with Crippen LogP contribution in [0.3, 0.4) is 0 Å². The molecule has 0 radical (unpaired) electrons. The summed E-state index contributed by atoms with van der Waals surface area (Å²) in [4.78, 5) is 0. The lowest BCUT2D eigenvalue weighted by Crippen LogP contribution is -2.18. The first-order valence-electron chi connectivity index (χ1n) is 7.52. The van der Waals surface area contributed by atoms with Crippen LogP contribution in [0.25, 0.3) is 0 Å². The molecule has 1 unspecified atom stereocenters. The third-order valence-electron chi connectivity index (χ3n) is 3.13. The second kappa shape index (κ2) is 9.11. The first-order chi connectivity index (χ1) is 9.11. The van der Waals surface area contributed by atoms with Gasteiger partial charge in [0.2, 0.25) is 0 Å². The lowest BCUT2D eigenvalue weighted by atomic mass is 10.1. The summed E-state index contributed by atoms with van der Waals surface area (Å²) in [5.74, 6) is 0.702. The van der Waals surface area contributed by atoms with Crippen molar-refractivity contribution in [3.8, 4) is 0 Å². The van der Waals surface area contributed by atoms with E-state index in [2.05, 4.69) is 57.3 Å². The van der Waals surface area contributed by atoms with E-state index in [0.717, 1.165) is 26.1 Å². The van der Waals surface area contributed by atoms with Crippen LogP contribution in [0.1, 0.15) is 51.7 Å². The third kappa shape index (κ3) is 7.34. The Bertz CT molecular complexity index is 332. The number of ether oxygens (including phenoxy) is 1. The van der Waals surface area contributed by atoms with Gasteiger partial charge >= 0.3 is 0 Å². The highest BCUT2D eigenvalue weighted by atomic mass is 16.5. The summed E-state index contributed by atoms with van der Waals surface area (Å²) >= 11 is 0. The average molecular weight is 263 g/mol. The fraction of sp³-hybridized carbons (Fsp3) is 0.647. The minimum atomic E-state index is 0.359. The highest BCUT2D eigenvalue weighted by Gasteiger charge is 2.01. The van der Waals surface area contributed by atoms with Gasteiger partial charge in [0.15, 0.2) is 0 Å². The van der Waals surface area contributed by atoms with Crippen LogP contribution >= 0.6 is 0 Å². The molecule has 0 aromatic heterocycles. The molecule has 0 aliphatic carbocycles. The largest absolute Gasteiger partial charge is 0.374 e. The second-order valence-electron chi connectivity index (χ2n) is 5.75. The van der Waals surface area contributed by atoms with Crippen molar-refractivity contribution in [3.05, 3.63) is 35.4 Å². The summed E-state index contributed by atoms with van der Waals surface area (Å²) in [5, 5.41) is 3.46. The molecule has 0 saturated heterocycles. The first-order valence-corrected chi connectivity index (χ1v) is 7.52. The van der Waals surface area contributed by atoms with E-state index in [4.69, 9.17) is 4.74 Å². The average Bonchev–Trinajstić information content (AvgIpc) is 2.38. The summed E-state index contributed by atoms with van der Waals surface area (Å²) in [6.07, 6.45) is 2.68. The lowest BCUT2D eigenvalue weighted by Gasteiger charge is -2.12. The first kappa shape index (κ1) is 16.2. The fourth-order valence-corrected chi connectivity index (χ4v) is 1.99.